The van der Waals surface area contributed by atoms with E-state index in [1.165, 1.54) is 7.11 Å². The van der Waals surface area contributed by atoms with Gasteiger partial charge < -0.3 is 43.5 Å². The third-order valence-electron chi connectivity index (χ3n) is 12.1. The summed E-state index contributed by atoms with van der Waals surface area (Å²) in [5, 5.41) is 27.5. The van der Waals surface area contributed by atoms with Crippen molar-refractivity contribution >= 4 is 35.2 Å². The number of amides is 2. The molecule has 2 amide bonds. The number of alkyl halides is 1. The van der Waals surface area contributed by atoms with Crippen LogP contribution in [0, 0.1) is 17.8 Å². The number of fused-ring (bicyclic) bond motifs is 2. The first-order valence-electron chi connectivity index (χ1n) is 22.2. The van der Waals surface area contributed by atoms with Gasteiger partial charge in [0.25, 0.3) is 0 Å². The highest BCUT2D eigenvalue weighted by atomic mass is 35.5. The molecule has 3 aromatic rings. The molecular weight excluding hydrogens is 842 g/mol. The highest BCUT2D eigenvalue weighted by molar-refractivity contribution is 6.18. The third-order valence-corrected chi connectivity index (χ3v) is 12.3. The second-order valence-electron chi connectivity index (χ2n) is 16.1. The van der Waals surface area contributed by atoms with Gasteiger partial charge in [-0.15, -0.1) is 18.2 Å². The number of hydrogen-bond donors (Lipinski definition) is 3. The molecule has 1 aliphatic heterocycles. The Morgan fingerprint density at radius 1 is 1.00 bits per heavy atom. The number of anilines is 1. The van der Waals surface area contributed by atoms with E-state index < -0.39 is 29.9 Å². The Morgan fingerprint density at radius 3 is 2.47 bits per heavy atom. The maximum Gasteiger partial charge on any atom is 0.417 e. The number of halogens is 1. The van der Waals surface area contributed by atoms with Crippen molar-refractivity contribution in [2.24, 2.45) is 22.9 Å². The number of benzene rings is 3. The quantitative estimate of drug-likeness (QED) is 0.0359. The Hall–Kier alpha value is -5.28. The molecule has 15 heteroatoms. The van der Waals surface area contributed by atoms with Crippen molar-refractivity contribution in [3.05, 3.63) is 102 Å². The first kappa shape index (κ1) is 48.2. The van der Waals surface area contributed by atoms with Crippen LogP contribution in [0.25, 0.3) is 0 Å². The Balaban J connectivity index is 1.53. The van der Waals surface area contributed by atoms with E-state index in [0.717, 1.165) is 42.4 Å². The molecule has 14 nitrogen and oxygen atoms in total. The highest BCUT2D eigenvalue weighted by Gasteiger charge is 2.65. The Morgan fingerprint density at radius 2 is 1.77 bits per heavy atom. The van der Waals surface area contributed by atoms with E-state index in [9.17, 15) is 19.8 Å². The number of unbranched alkanes of at least 4 members (excludes halogenated alkanes) is 2. The van der Waals surface area contributed by atoms with Gasteiger partial charge in [0.2, 0.25) is 5.79 Å². The molecular formula is C49H62ClN3O11. The van der Waals surface area contributed by atoms with Crippen molar-refractivity contribution in [3.63, 3.8) is 0 Å². The zero-order chi connectivity index (χ0) is 45.5. The summed E-state index contributed by atoms with van der Waals surface area (Å²) in [6.45, 7) is 6.75. The van der Waals surface area contributed by atoms with Gasteiger partial charge in [-0.2, -0.15) is 0 Å². The van der Waals surface area contributed by atoms with Crippen LogP contribution in [0.4, 0.5) is 15.3 Å². The minimum atomic E-state index is -1.48. The van der Waals surface area contributed by atoms with E-state index in [2.05, 4.69) is 18.0 Å². The zero-order valence-corrected chi connectivity index (χ0v) is 37.8. The lowest BCUT2D eigenvalue weighted by Crippen LogP contribution is -2.70. The Kier molecular flexibility index (Phi) is 17.8. The monoisotopic (exact) mass is 903 g/mol. The first-order chi connectivity index (χ1) is 31.2. The molecule has 0 unspecified atom stereocenters. The number of nitrogens with zero attached hydrogens (tertiary/aromatic N) is 2. The molecule has 0 bridgehead atoms. The number of aliphatic hydroxyl groups is 2. The van der Waals surface area contributed by atoms with Crippen molar-refractivity contribution in [2.45, 2.75) is 82.6 Å². The van der Waals surface area contributed by atoms with Gasteiger partial charge in [-0.1, -0.05) is 67.4 Å². The number of carbonyl (C=O) groups excluding carboxylic acids is 2. The van der Waals surface area contributed by atoms with Gasteiger partial charge in [-0.25, -0.2) is 9.59 Å². The van der Waals surface area contributed by atoms with Crippen LogP contribution in [-0.2, 0) is 20.9 Å². The van der Waals surface area contributed by atoms with E-state index in [-0.39, 0.29) is 68.8 Å². The van der Waals surface area contributed by atoms with Gasteiger partial charge in [-0.05, 0) is 85.4 Å². The van der Waals surface area contributed by atoms with Crippen LogP contribution in [-0.4, -0.2) is 97.9 Å². The van der Waals surface area contributed by atoms with Crippen LogP contribution >= 0.6 is 11.6 Å². The third kappa shape index (κ3) is 11.1. The summed E-state index contributed by atoms with van der Waals surface area (Å²) in [7, 11) is 3.05. The fourth-order valence-corrected chi connectivity index (χ4v) is 9.52. The summed E-state index contributed by atoms with van der Waals surface area (Å²) in [5.74, 6) is -0.583. The van der Waals surface area contributed by atoms with Crippen LogP contribution in [0.2, 0.25) is 0 Å². The summed E-state index contributed by atoms with van der Waals surface area (Å²) in [5.41, 5.74) is 3.65. The summed E-state index contributed by atoms with van der Waals surface area (Å²) >= 11 is 6.03. The average Bonchev–Trinajstić information content (AvgIpc) is 3.31. The average molecular weight is 904 g/mol. The molecule has 1 saturated carbocycles. The summed E-state index contributed by atoms with van der Waals surface area (Å²) in [6, 6.07) is 19.3. The number of aliphatic hydroxyl groups excluding tert-OH is 2. The van der Waals surface area contributed by atoms with Gasteiger partial charge in [-0.3, -0.25) is 10.2 Å². The van der Waals surface area contributed by atoms with Gasteiger partial charge in [0.1, 0.15) is 42.3 Å². The minimum absolute atomic E-state index is 0.00346. The SMILES string of the molecule is C=CCO[C@@]12Oc3ccc(OC(=O)Nc4ccc(OC)cc4OC)cc3[C@H]3[C@H](CCCCO)[C@@H](CCCCO)C=C(C(=NOCc4ccccc4)C[C@@H]1N(CCC)C(=O)OCCCl)[C@H]32. The fraction of sp³-hybridized carbons (Fsp3) is 0.490. The summed E-state index contributed by atoms with van der Waals surface area (Å²) < 4.78 is 36.8. The molecule has 0 aromatic heterocycles. The van der Waals surface area contributed by atoms with Crippen molar-refractivity contribution in [3.8, 4) is 23.0 Å². The van der Waals surface area contributed by atoms with E-state index >= 15 is 0 Å². The molecule has 346 valence electrons. The largest absolute Gasteiger partial charge is 0.497 e. The maximum absolute atomic E-state index is 14.2. The summed E-state index contributed by atoms with van der Waals surface area (Å²) in [6.07, 6.45) is 7.71. The minimum Gasteiger partial charge on any atom is -0.497 e. The lowest BCUT2D eigenvalue weighted by molar-refractivity contribution is -0.255. The van der Waals surface area contributed by atoms with Gasteiger partial charge in [0.15, 0.2) is 0 Å². The number of allylic oxidation sites excluding steroid dienone is 1. The predicted molar refractivity (Wildman–Crippen MR) is 244 cm³/mol. The highest BCUT2D eigenvalue weighted by Crippen LogP contribution is 2.62. The van der Waals surface area contributed by atoms with Crippen LogP contribution in [0.15, 0.2) is 96.2 Å². The molecule has 1 fully saturated rings. The smallest absolute Gasteiger partial charge is 0.417 e. The molecule has 64 heavy (non-hydrogen) atoms. The molecule has 1 heterocycles. The number of oxime groups is 1. The van der Waals surface area contributed by atoms with Crippen molar-refractivity contribution in [1.82, 2.24) is 4.90 Å². The van der Waals surface area contributed by atoms with Gasteiger partial charge in [0, 0.05) is 43.7 Å². The maximum atomic E-state index is 14.2. The van der Waals surface area contributed by atoms with Gasteiger partial charge in [0.05, 0.1) is 44.0 Å². The number of nitrogens with one attached hydrogen (secondary N) is 1. The lowest BCUT2D eigenvalue weighted by atomic mass is 9.55. The molecule has 3 N–H and O–H groups in total. The first-order valence-corrected chi connectivity index (χ1v) is 22.7. The number of ether oxygens (including phenoxy) is 6. The van der Waals surface area contributed by atoms with E-state index in [1.807, 2.05) is 43.3 Å². The Labute approximate surface area is 381 Å². The summed E-state index contributed by atoms with van der Waals surface area (Å²) in [4.78, 5) is 35.6. The topological polar surface area (TPSA) is 167 Å². The molecule has 2 aliphatic carbocycles. The van der Waals surface area contributed by atoms with E-state index in [0.29, 0.717) is 54.5 Å². The molecule has 6 atom stereocenters. The number of carbonyl (C=O) groups is 2. The van der Waals surface area contributed by atoms with Crippen molar-refractivity contribution in [2.75, 3.05) is 58.4 Å². The normalized spacial score (nSPS) is 22.5. The molecule has 0 radical (unpaired) electrons. The van der Waals surface area contributed by atoms with Crippen molar-refractivity contribution < 1.29 is 53.1 Å². The molecule has 3 aromatic carbocycles. The molecule has 6 rings (SSSR count). The zero-order valence-electron chi connectivity index (χ0n) is 37.0. The molecule has 3 aliphatic rings. The number of rotatable bonds is 23. The molecule has 0 saturated heterocycles. The molecule has 0 spiro atoms. The second-order valence-corrected chi connectivity index (χ2v) is 16.5. The number of methoxy groups -OCH3 is 2. The van der Waals surface area contributed by atoms with Crippen LogP contribution in [0.3, 0.4) is 0 Å². The second kappa shape index (κ2) is 23.6. The van der Waals surface area contributed by atoms with Gasteiger partial charge >= 0.3 is 12.2 Å². The van der Waals surface area contributed by atoms with E-state index in [1.54, 1.807) is 48.4 Å². The standard InChI is InChI=1S/C49H62ClN3O11/c1-5-23-53(48(57)60-27-22-50)44-31-41(52-62-32-33-14-8-7-9-15-33)38-28-34(16-10-12-24-54)37(17-11-13-25-55)45-39-29-36(19-21-42(39)64-49(44,46(38)45)61-26-6-2)63-47(56)51-40-20-18-35(58-3)30-43(40)59-4/h6-9,14-15,18-21,28-30,34,37,44-46,54-55H,2,5,10-13,16-17,22-27,31-32H2,1,3-4H3,(H,51,56)/t34-,37+,44-,45+,46+,49+/m0/s1. The van der Waals surface area contributed by atoms with Crippen LogP contribution in [0.1, 0.15) is 75.3 Å². The predicted octanol–water partition coefficient (Wildman–Crippen LogP) is 9.24. The van der Waals surface area contributed by atoms with E-state index in [4.69, 9.17) is 50.0 Å². The fourth-order valence-electron chi connectivity index (χ4n) is 9.44. The van der Waals surface area contributed by atoms with Crippen molar-refractivity contribution in [1.29, 1.82) is 0 Å². The number of hydrogen-bond acceptors (Lipinski definition) is 12. The van der Waals surface area contributed by atoms with Crippen LogP contribution in [0.5, 0.6) is 23.0 Å². The van der Waals surface area contributed by atoms with Crippen LogP contribution < -0.4 is 24.3 Å². The lowest BCUT2D eigenvalue weighted by Gasteiger charge is -2.59. The Bertz CT molecular complexity index is 2080.